The van der Waals surface area contributed by atoms with Crippen LogP contribution in [-0.2, 0) is 9.47 Å². The van der Waals surface area contributed by atoms with Crippen molar-refractivity contribution >= 4 is 23.3 Å². The molecule has 0 spiro atoms. The molecule has 10 nitrogen and oxygen atoms in total. The summed E-state index contributed by atoms with van der Waals surface area (Å²) >= 11 is 0. The van der Waals surface area contributed by atoms with Crippen LogP contribution in [0.15, 0.2) is 48.5 Å². The van der Waals surface area contributed by atoms with Crippen LogP contribution in [0.5, 0.6) is 0 Å². The molecule has 0 radical (unpaired) electrons. The molecule has 0 N–H and O–H groups in total. The highest BCUT2D eigenvalue weighted by Crippen LogP contribution is 2.15. The molecule has 29 heavy (non-hydrogen) atoms. The average molecular weight is 402 g/mol. The fourth-order valence-corrected chi connectivity index (χ4v) is 2.37. The summed E-state index contributed by atoms with van der Waals surface area (Å²) in [5.41, 5.74) is -0.176. The number of benzene rings is 2. The van der Waals surface area contributed by atoms with Crippen molar-refractivity contribution in [1.29, 1.82) is 0 Å². The minimum absolute atomic E-state index is 0.102. The number of rotatable bonds is 10. The Morgan fingerprint density at radius 3 is 1.52 bits per heavy atom. The van der Waals surface area contributed by atoms with Gasteiger partial charge in [0.25, 0.3) is 11.4 Å². The van der Waals surface area contributed by atoms with Crippen molar-refractivity contribution in [2.24, 2.45) is 0 Å². The van der Waals surface area contributed by atoms with Gasteiger partial charge in [0.15, 0.2) is 0 Å². The standard InChI is InChI=1S/C19H18N2O8/c22-18(14-6-4-8-16(12-14)20(24)25)28-10-2-1-3-11-29-19(23)15-7-5-9-17(13-15)21(26)27/h4-9,12-13H,1-3,10-11H2. The second-order valence-electron chi connectivity index (χ2n) is 5.95. The van der Waals surface area contributed by atoms with E-state index in [1.807, 2.05) is 0 Å². The van der Waals surface area contributed by atoms with Crippen LogP contribution in [0.3, 0.4) is 0 Å². The summed E-state index contributed by atoms with van der Waals surface area (Å²) in [6.07, 6.45) is 1.66. The van der Waals surface area contributed by atoms with Crippen LogP contribution in [-0.4, -0.2) is 35.0 Å². The monoisotopic (exact) mass is 402 g/mol. The normalized spacial score (nSPS) is 10.2. The Bertz CT molecular complexity index is 839. The minimum atomic E-state index is -0.647. The summed E-state index contributed by atoms with van der Waals surface area (Å²) in [5, 5.41) is 21.4. The number of non-ortho nitro benzene ring substituents is 2. The fraction of sp³-hybridized carbons (Fsp3) is 0.263. The van der Waals surface area contributed by atoms with Crippen molar-refractivity contribution in [2.75, 3.05) is 13.2 Å². The van der Waals surface area contributed by atoms with Gasteiger partial charge in [-0.1, -0.05) is 12.1 Å². The molecule has 0 aromatic heterocycles. The first-order valence-corrected chi connectivity index (χ1v) is 8.71. The third-order valence-corrected chi connectivity index (χ3v) is 3.84. The number of esters is 2. The number of hydrogen-bond acceptors (Lipinski definition) is 8. The lowest BCUT2D eigenvalue weighted by Gasteiger charge is -2.06. The van der Waals surface area contributed by atoms with Gasteiger partial charge in [0.1, 0.15) is 0 Å². The lowest BCUT2D eigenvalue weighted by molar-refractivity contribution is -0.385. The Labute approximate surface area is 165 Å². The van der Waals surface area contributed by atoms with E-state index in [1.165, 1.54) is 36.4 Å². The van der Waals surface area contributed by atoms with Gasteiger partial charge in [-0.15, -0.1) is 0 Å². The van der Waals surface area contributed by atoms with Gasteiger partial charge in [-0.2, -0.15) is 0 Å². The molecule has 0 aliphatic heterocycles. The van der Waals surface area contributed by atoms with Crippen LogP contribution in [0.25, 0.3) is 0 Å². The molecule has 0 heterocycles. The Kier molecular flexibility index (Phi) is 7.78. The van der Waals surface area contributed by atoms with Gasteiger partial charge in [0, 0.05) is 24.3 Å². The topological polar surface area (TPSA) is 139 Å². The van der Waals surface area contributed by atoms with Crippen molar-refractivity contribution < 1.29 is 28.9 Å². The number of nitro benzene ring substituents is 2. The molecule has 0 saturated carbocycles. The van der Waals surface area contributed by atoms with Crippen LogP contribution in [0.1, 0.15) is 40.0 Å². The van der Waals surface area contributed by atoms with E-state index < -0.39 is 21.8 Å². The number of carbonyl (C=O) groups excluding carboxylic acids is 2. The van der Waals surface area contributed by atoms with E-state index in [9.17, 15) is 29.8 Å². The van der Waals surface area contributed by atoms with Crippen molar-refractivity contribution in [3.63, 3.8) is 0 Å². The summed E-state index contributed by atoms with van der Waals surface area (Å²) in [5.74, 6) is -1.29. The van der Waals surface area contributed by atoms with Gasteiger partial charge >= 0.3 is 11.9 Å². The SMILES string of the molecule is O=C(OCCCCCOC(=O)c1cccc([N+](=O)[O-])c1)c1cccc([N+](=O)[O-])c1. The maximum atomic E-state index is 11.9. The molecule has 0 fully saturated rings. The number of nitro groups is 2. The highest BCUT2D eigenvalue weighted by Gasteiger charge is 2.13. The van der Waals surface area contributed by atoms with Crippen LogP contribution in [0, 0.1) is 20.2 Å². The molecule has 10 heteroatoms. The first-order valence-electron chi connectivity index (χ1n) is 8.71. The Morgan fingerprint density at radius 1 is 0.724 bits per heavy atom. The fourth-order valence-electron chi connectivity index (χ4n) is 2.37. The van der Waals surface area contributed by atoms with Gasteiger partial charge in [0.2, 0.25) is 0 Å². The minimum Gasteiger partial charge on any atom is -0.462 e. The van der Waals surface area contributed by atoms with E-state index in [-0.39, 0.29) is 35.7 Å². The second kappa shape index (κ2) is 10.5. The number of carbonyl (C=O) groups is 2. The van der Waals surface area contributed by atoms with Gasteiger partial charge in [-0.05, 0) is 31.4 Å². The quantitative estimate of drug-likeness (QED) is 0.254. The molecule has 152 valence electrons. The highest BCUT2D eigenvalue weighted by molar-refractivity contribution is 5.90. The molecule has 0 saturated heterocycles. The molecule has 2 rings (SSSR count). The van der Waals surface area contributed by atoms with E-state index in [1.54, 1.807) is 0 Å². The third-order valence-electron chi connectivity index (χ3n) is 3.84. The summed E-state index contributed by atoms with van der Waals surface area (Å²) in [6.45, 7) is 0.251. The maximum Gasteiger partial charge on any atom is 0.338 e. The summed E-state index contributed by atoms with van der Waals surface area (Å²) in [6, 6.07) is 10.5. The van der Waals surface area contributed by atoms with Crippen molar-refractivity contribution in [1.82, 2.24) is 0 Å². The van der Waals surface area contributed by atoms with E-state index in [2.05, 4.69) is 0 Å². The first kappa shape index (κ1) is 21.5. The molecule has 0 aliphatic rings. The predicted octanol–water partition coefficient (Wildman–Crippen LogP) is 3.69. The average Bonchev–Trinajstić information content (AvgIpc) is 2.72. The number of unbranched alkanes of at least 4 members (excludes halogenated alkanes) is 2. The summed E-state index contributed by atoms with van der Waals surface area (Å²) in [4.78, 5) is 44.0. The van der Waals surface area contributed by atoms with E-state index in [4.69, 9.17) is 9.47 Å². The summed E-state index contributed by atoms with van der Waals surface area (Å²) in [7, 11) is 0. The van der Waals surface area contributed by atoms with Crippen molar-refractivity contribution in [2.45, 2.75) is 19.3 Å². The largest absolute Gasteiger partial charge is 0.462 e. The Morgan fingerprint density at radius 2 is 1.14 bits per heavy atom. The Balaban J connectivity index is 1.65. The molecule has 0 aliphatic carbocycles. The molecule has 2 aromatic carbocycles. The number of hydrogen-bond donors (Lipinski definition) is 0. The lowest BCUT2D eigenvalue weighted by Crippen LogP contribution is -2.08. The van der Waals surface area contributed by atoms with Gasteiger partial charge < -0.3 is 9.47 Å². The first-order chi connectivity index (χ1) is 13.9. The van der Waals surface area contributed by atoms with Crippen LogP contribution >= 0.6 is 0 Å². The molecular weight excluding hydrogens is 384 g/mol. The molecule has 0 atom stereocenters. The lowest BCUT2D eigenvalue weighted by atomic mass is 10.2. The van der Waals surface area contributed by atoms with Gasteiger partial charge in [-0.25, -0.2) is 9.59 Å². The van der Waals surface area contributed by atoms with Crippen molar-refractivity contribution in [3.8, 4) is 0 Å². The molecule has 0 amide bonds. The van der Waals surface area contributed by atoms with E-state index in [0.717, 1.165) is 12.1 Å². The maximum absolute atomic E-state index is 11.9. The Hall–Kier alpha value is -3.82. The predicted molar refractivity (Wildman–Crippen MR) is 101 cm³/mol. The number of nitrogens with zero attached hydrogens (tertiary/aromatic N) is 2. The van der Waals surface area contributed by atoms with E-state index >= 15 is 0 Å². The third kappa shape index (κ3) is 6.69. The van der Waals surface area contributed by atoms with Crippen LogP contribution < -0.4 is 0 Å². The summed E-state index contributed by atoms with van der Waals surface area (Å²) < 4.78 is 10.1. The zero-order valence-corrected chi connectivity index (χ0v) is 15.3. The number of ether oxygens (including phenoxy) is 2. The highest BCUT2D eigenvalue weighted by atomic mass is 16.6. The second-order valence-corrected chi connectivity index (χ2v) is 5.95. The molecule has 2 aromatic rings. The van der Waals surface area contributed by atoms with Gasteiger partial charge in [-0.3, -0.25) is 20.2 Å². The molecular formula is C19H18N2O8. The van der Waals surface area contributed by atoms with Gasteiger partial charge in [0.05, 0.1) is 34.2 Å². The smallest absolute Gasteiger partial charge is 0.338 e. The molecule has 0 unspecified atom stereocenters. The zero-order chi connectivity index (χ0) is 21.2. The van der Waals surface area contributed by atoms with Crippen LogP contribution in [0.2, 0.25) is 0 Å². The van der Waals surface area contributed by atoms with E-state index in [0.29, 0.717) is 19.3 Å². The molecule has 0 bridgehead atoms. The van der Waals surface area contributed by atoms with Crippen LogP contribution in [0.4, 0.5) is 11.4 Å². The van der Waals surface area contributed by atoms with Crippen molar-refractivity contribution in [3.05, 3.63) is 79.9 Å². The zero-order valence-electron chi connectivity index (χ0n) is 15.3.